The van der Waals surface area contributed by atoms with Gasteiger partial charge < -0.3 is 31.5 Å². The van der Waals surface area contributed by atoms with Gasteiger partial charge in [0.2, 0.25) is 11.8 Å². The van der Waals surface area contributed by atoms with E-state index in [9.17, 15) is 28.8 Å². The Labute approximate surface area is 492 Å². The number of hydrogen-bond donors (Lipinski definition) is 6. The molecule has 0 saturated heterocycles. The Kier molecular flexibility index (Phi) is 30.9. The highest BCUT2D eigenvalue weighted by atomic mass is 32.1. The number of thiophene rings is 1. The first-order valence-corrected chi connectivity index (χ1v) is 28.8. The van der Waals surface area contributed by atoms with Crippen molar-refractivity contribution in [2.75, 3.05) is 0 Å². The lowest BCUT2D eigenvalue weighted by molar-refractivity contribution is -0.139. The molecule has 436 valence electrons. The van der Waals surface area contributed by atoms with Crippen molar-refractivity contribution in [2.45, 2.75) is 119 Å². The summed E-state index contributed by atoms with van der Waals surface area (Å²) < 4.78 is 0. The highest BCUT2D eigenvalue weighted by molar-refractivity contribution is 7.12. The molecule has 0 fully saturated rings. The van der Waals surface area contributed by atoms with Crippen LogP contribution in [0.4, 0.5) is 0 Å². The van der Waals surface area contributed by atoms with Crippen LogP contribution in [0.1, 0.15) is 113 Å². The molecule has 16 nitrogen and oxygen atoms in total. The molecule has 0 aliphatic heterocycles. The summed E-state index contributed by atoms with van der Waals surface area (Å²) in [5.74, 6) is -2.52. The van der Waals surface area contributed by atoms with Crippen LogP contribution >= 0.6 is 11.3 Å². The molecule has 17 heteroatoms. The Morgan fingerprint density at radius 3 is 1.10 bits per heavy atom. The van der Waals surface area contributed by atoms with Gasteiger partial charge in [-0.05, 0) is 59.7 Å². The highest BCUT2D eigenvalue weighted by Crippen LogP contribution is 2.23. The summed E-state index contributed by atoms with van der Waals surface area (Å²) in [6.45, 7) is 19.2. The van der Waals surface area contributed by atoms with Gasteiger partial charge in [0.15, 0.2) is 11.6 Å². The van der Waals surface area contributed by atoms with Crippen molar-refractivity contribution in [2.24, 2.45) is 0 Å². The number of hydrogen-bond acceptors (Lipinski definition) is 11. The fourth-order valence-electron chi connectivity index (χ4n) is 7.76. The topological polar surface area (TPSA) is 243 Å². The van der Waals surface area contributed by atoms with Crippen molar-refractivity contribution < 1.29 is 39.0 Å². The minimum absolute atomic E-state index is 0.213. The maximum atomic E-state index is 13.0. The fraction of sp³-hybridized carbons (Fsp3) is 0.273. The molecular weight excluding hydrogens is 1060 g/mol. The van der Waals surface area contributed by atoms with Crippen LogP contribution < -0.4 is 21.3 Å². The molecule has 0 bridgehead atoms. The van der Waals surface area contributed by atoms with Crippen LogP contribution in [0.5, 0.6) is 0 Å². The minimum atomic E-state index is -1.02. The molecule has 83 heavy (non-hydrogen) atoms. The number of nitrogens with zero attached hydrogens (tertiary/aromatic N) is 4. The standard InChI is InChI=1S/C30H28N4O4.C28H26N4O4S.4C2H6/c1-20(16-27(35)36)33-30(38)26(34-29(37)24-10-6-3-7-11-24)17-21-12-14-23(15-13-21)28-31-18-25(19-32-28)22-8-4-2-5-9-22;1-18(14-25(33)34)31-27(35)23(32-28(36)24-8-5-13-37-24)15-19-9-11-21(12-10-19)26-29-16-22(17-30-26)20-6-3-2-4-7-20;4*1-2/h2-15,18-20,26H,16-17H2,1H3,(H,33,38)(H,34,37)(H,35,36);2-13,16-18,23H,14-15H2,1H3,(H,31,35)(H,32,36)(H,33,34);4*1-2H3. The maximum absolute atomic E-state index is 13.0. The maximum Gasteiger partial charge on any atom is 0.305 e. The molecule has 0 spiro atoms. The SMILES string of the molecule is CC.CC.CC.CC.CC(CC(=O)O)NC(=O)C(Cc1ccc(-c2ncc(-c3ccccc3)cn2)cc1)NC(=O)c1ccccc1.CC(CC(=O)O)NC(=O)C(Cc1ccc(-c2ncc(-c3ccccc3)cn2)cc1)NC(=O)c1cccs1. The molecule has 0 saturated carbocycles. The molecule has 3 aromatic heterocycles. The van der Waals surface area contributed by atoms with Crippen molar-refractivity contribution in [3.8, 4) is 45.0 Å². The summed E-state index contributed by atoms with van der Waals surface area (Å²) in [6.07, 6.45) is 7.15. The van der Waals surface area contributed by atoms with Crippen LogP contribution in [0.15, 0.2) is 182 Å². The van der Waals surface area contributed by atoms with Crippen molar-refractivity contribution in [1.29, 1.82) is 0 Å². The van der Waals surface area contributed by atoms with Gasteiger partial charge in [-0.25, -0.2) is 19.9 Å². The third-order valence-electron chi connectivity index (χ3n) is 11.6. The normalized spacial score (nSPS) is 11.4. The summed E-state index contributed by atoms with van der Waals surface area (Å²) >= 11 is 1.28. The molecule has 8 rings (SSSR count). The van der Waals surface area contributed by atoms with Gasteiger partial charge in [-0.15, -0.1) is 11.3 Å². The molecule has 0 radical (unpaired) electrons. The summed E-state index contributed by atoms with van der Waals surface area (Å²) in [6, 6.07) is 43.8. The Hall–Kier alpha value is -9.22. The molecule has 6 N–H and O–H groups in total. The third kappa shape index (κ3) is 23.0. The van der Waals surface area contributed by atoms with Crippen LogP contribution in [0.3, 0.4) is 0 Å². The van der Waals surface area contributed by atoms with E-state index in [0.29, 0.717) is 22.1 Å². The first-order chi connectivity index (χ1) is 40.3. The Balaban J connectivity index is 0.000000389. The second-order valence-electron chi connectivity index (χ2n) is 17.5. The number of carbonyl (C=O) groups is 6. The van der Waals surface area contributed by atoms with Crippen LogP contribution in [0, 0.1) is 0 Å². The Bertz CT molecular complexity index is 3150. The molecule has 5 aromatic carbocycles. The predicted octanol–water partition coefficient (Wildman–Crippen LogP) is 12.4. The van der Waals surface area contributed by atoms with Gasteiger partial charge in [0.1, 0.15) is 12.1 Å². The van der Waals surface area contributed by atoms with Crippen molar-refractivity contribution in [3.63, 3.8) is 0 Å². The average molecular weight is 1140 g/mol. The number of carboxylic acid groups (broad SMARTS) is 2. The van der Waals surface area contributed by atoms with E-state index in [4.69, 9.17) is 10.2 Å². The summed E-state index contributed by atoms with van der Waals surface area (Å²) in [5, 5.41) is 30.8. The largest absolute Gasteiger partial charge is 0.481 e. The number of rotatable bonds is 20. The number of benzene rings is 5. The van der Waals surface area contributed by atoms with Crippen molar-refractivity contribution in [1.82, 2.24) is 41.2 Å². The second-order valence-corrected chi connectivity index (χ2v) is 18.5. The number of carbonyl (C=O) groups excluding carboxylic acids is 4. The molecule has 0 aliphatic rings. The van der Waals surface area contributed by atoms with Crippen LogP contribution in [0.25, 0.3) is 45.0 Å². The van der Waals surface area contributed by atoms with Gasteiger partial charge in [-0.3, -0.25) is 28.8 Å². The molecule has 4 amide bonds. The van der Waals surface area contributed by atoms with Crippen molar-refractivity contribution in [3.05, 3.63) is 203 Å². The number of amides is 4. The van der Waals surface area contributed by atoms with E-state index < -0.39 is 47.9 Å². The smallest absolute Gasteiger partial charge is 0.305 e. The van der Waals surface area contributed by atoms with Gasteiger partial charge in [0.25, 0.3) is 11.8 Å². The fourth-order valence-corrected chi connectivity index (χ4v) is 8.39. The zero-order valence-electron chi connectivity index (χ0n) is 49.0. The monoisotopic (exact) mass is 1140 g/mol. The summed E-state index contributed by atoms with van der Waals surface area (Å²) in [7, 11) is 0. The molecule has 8 aromatic rings. The van der Waals surface area contributed by atoms with E-state index in [0.717, 1.165) is 44.5 Å². The van der Waals surface area contributed by atoms with Gasteiger partial charge >= 0.3 is 11.9 Å². The lowest BCUT2D eigenvalue weighted by atomic mass is 10.0. The average Bonchev–Trinajstić information content (AvgIpc) is 4.23. The zero-order chi connectivity index (χ0) is 61.1. The van der Waals surface area contributed by atoms with Gasteiger partial charge in [0.05, 0.1) is 17.7 Å². The Morgan fingerprint density at radius 1 is 0.410 bits per heavy atom. The number of carboxylic acids is 2. The summed E-state index contributed by atoms with van der Waals surface area (Å²) in [4.78, 5) is 91.9. The van der Waals surface area contributed by atoms with Crippen molar-refractivity contribution >= 4 is 46.9 Å². The van der Waals surface area contributed by atoms with E-state index >= 15 is 0 Å². The molecular formula is C66H78N8O8S. The Morgan fingerprint density at radius 2 is 0.759 bits per heavy atom. The van der Waals surface area contributed by atoms with E-state index in [-0.39, 0.29) is 37.5 Å². The van der Waals surface area contributed by atoms with E-state index in [1.165, 1.54) is 11.3 Å². The van der Waals surface area contributed by atoms with E-state index in [2.05, 4.69) is 41.2 Å². The number of aromatic nitrogens is 4. The van der Waals surface area contributed by atoms with E-state index in [1.807, 2.05) is 165 Å². The molecule has 3 heterocycles. The van der Waals surface area contributed by atoms with Gasteiger partial charge in [0, 0.05) is 77.5 Å². The van der Waals surface area contributed by atoms with Crippen LogP contribution in [-0.4, -0.2) is 89.9 Å². The predicted molar refractivity (Wildman–Crippen MR) is 332 cm³/mol. The van der Waals surface area contributed by atoms with Gasteiger partial charge in [-0.2, -0.15) is 0 Å². The minimum Gasteiger partial charge on any atom is -0.481 e. The molecule has 0 aliphatic carbocycles. The number of nitrogens with one attached hydrogen (secondary N) is 4. The lowest BCUT2D eigenvalue weighted by Crippen LogP contribution is -2.50. The van der Waals surface area contributed by atoms with E-state index in [1.54, 1.807) is 86.5 Å². The second kappa shape index (κ2) is 37.7. The summed E-state index contributed by atoms with van der Waals surface area (Å²) in [5.41, 5.74) is 7.62. The molecule has 4 unspecified atom stereocenters. The number of aliphatic carboxylic acids is 2. The van der Waals surface area contributed by atoms with Gasteiger partial charge in [-0.1, -0.05) is 189 Å². The molecule has 4 atom stereocenters. The lowest BCUT2D eigenvalue weighted by Gasteiger charge is -2.21. The first-order valence-electron chi connectivity index (χ1n) is 28.0. The third-order valence-corrected chi connectivity index (χ3v) is 12.5. The van der Waals surface area contributed by atoms with Crippen LogP contribution in [-0.2, 0) is 32.0 Å². The zero-order valence-corrected chi connectivity index (χ0v) is 49.8. The quantitative estimate of drug-likeness (QED) is 0.0417. The van der Waals surface area contributed by atoms with Crippen LogP contribution in [0.2, 0.25) is 0 Å². The highest BCUT2D eigenvalue weighted by Gasteiger charge is 2.26. The first kappa shape index (κ1) is 68.1.